The number of hydrogen-bond acceptors (Lipinski definition) is 4. The molecule has 1 atom stereocenters. The van der Waals surface area contributed by atoms with E-state index in [-0.39, 0.29) is 19.3 Å². The van der Waals surface area contributed by atoms with Crippen LogP contribution in [0.4, 0.5) is 0 Å². The first-order valence-electron chi connectivity index (χ1n) is 7.23. The molecule has 7 nitrogen and oxygen atoms in total. The third-order valence-electron chi connectivity index (χ3n) is 4.07. The number of rotatable bonds is 5. The normalized spacial score (nSPS) is 16.1. The molecule has 1 aliphatic rings. The number of carboxylic acids is 1. The van der Waals surface area contributed by atoms with Crippen molar-refractivity contribution in [2.24, 2.45) is 0 Å². The van der Waals surface area contributed by atoms with Crippen molar-refractivity contribution in [1.29, 1.82) is 0 Å². The van der Waals surface area contributed by atoms with Crippen molar-refractivity contribution in [3.05, 3.63) is 30.0 Å². The van der Waals surface area contributed by atoms with Crippen LogP contribution in [0.5, 0.6) is 5.75 Å². The number of methoxy groups -OCH3 is 1. The van der Waals surface area contributed by atoms with Crippen LogP contribution in [0, 0.1) is 0 Å². The topological polar surface area (TPSA) is 99.7 Å². The Balaban J connectivity index is 1.96. The molecule has 2 amide bonds. The summed E-state index contributed by atoms with van der Waals surface area (Å²) in [6, 6.07) is 4.24. The molecule has 2 heterocycles. The van der Waals surface area contributed by atoms with E-state index in [2.05, 4.69) is 4.98 Å². The van der Waals surface area contributed by atoms with Gasteiger partial charge in [-0.3, -0.25) is 14.5 Å². The fourth-order valence-electron chi connectivity index (χ4n) is 2.89. The number of H-pyrrole nitrogens is 1. The molecule has 1 unspecified atom stereocenters. The number of nitrogens with zero attached hydrogens (tertiary/aromatic N) is 1. The van der Waals surface area contributed by atoms with Crippen LogP contribution in [0.3, 0.4) is 0 Å². The number of benzene rings is 1. The van der Waals surface area contributed by atoms with Gasteiger partial charge in [0.25, 0.3) is 0 Å². The van der Waals surface area contributed by atoms with Gasteiger partial charge in [-0.05, 0) is 23.8 Å². The van der Waals surface area contributed by atoms with Crippen LogP contribution >= 0.6 is 0 Å². The van der Waals surface area contributed by atoms with Gasteiger partial charge in [0.2, 0.25) is 11.8 Å². The van der Waals surface area contributed by atoms with Gasteiger partial charge in [-0.2, -0.15) is 0 Å². The summed E-state index contributed by atoms with van der Waals surface area (Å²) in [5, 5.41) is 10.3. The number of nitrogens with one attached hydrogen (secondary N) is 1. The summed E-state index contributed by atoms with van der Waals surface area (Å²) in [6.45, 7) is 0. The van der Waals surface area contributed by atoms with Gasteiger partial charge >= 0.3 is 5.97 Å². The molecule has 0 bridgehead atoms. The van der Waals surface area contributed by atoms with Crippen LogP contribution < -0.4 is 4.74 Å². The first kappa shape index (κ1) is 15.1. The average molecular weight is 316 g/mol. The van der Waals surface area contributed by atoms with E-state index in [1.165, 1.54) is 0 Å². The van der Waals surface area contributed by atoms with E-state index in [9.17, 15) is 19.5 Å². The highest BCUT2D eigenvalue weighted by atomic mass is 16.5. The number of fused-ring (bicyclic) bond motifs is 1. The molecular weight excluding hydrogens is 300 g/mol. The number of likely N-dealkylation sites (tertiary alicyclic amines) is 1. The molecule has 1 aliphatic heterocycles. The van der Waals surface area contributed by atoms with Crippen molar-refractivity contribution >= 4 is 28.7 Å². The standard InChI is InChI=1S/C16H16N2O5/c1-23-10-2-3-12-11(7-10)9(8-17-12)6-13(16(21)22)18-14(19)4-5-15(18)20/h2-3,7-8,13,17H,4-6H2,1H3,(H,21,22). The second-order valence-corrected chi connectivity index (χ2v) is 5.44. The van der Waals surface area contributed by atoms with E-state index in [1.54, 1.807) is 25.4 Å². The summed E-state index contributed by atoms with van der Waals surface area (Å²) < 4.78 is 5.18. The monoisotopic (exact) mass is 316 g/mol. The van der Waals surface area contributed by atoms with Gasteiger partial charge in [-0.1, -0.05) is 0 Å². The fourth-order valence-corrected chi connectivity index (χ4v) is 2.89. The van der Waals surface area contributed by atoms with Crippen LogP contribution in [-0.2, 0) is 20.8 Å². The maximum atomic E-state index is 11.8. The minimum Gasteiger partial charge on any atom is -0.497 e. The van der Waals surface area contributed by atoms with Gasteiger partial charge in [0.05, 0.1) is 7.11 Å². The highest BCUT2D eigenvalue weighted by Crippen LogP contribution is 2.26. The SMILES string of the molecule is COc1ccc2[nH]cc(CC(C(=O)O)N3C(=O)CCC3=O)c2c1. The Morgan fingerprint density at radius 2 is 2.04 bits per heavy atom. The summed E-state index contributed by atoms with van der Waals surface area (Å²) in [4.78, 5) is 39.2. The summed E-state index contributed by atoms with van der Waals surface area (Å²) in [6.07, 6.45) is 1.90. The Hall–Kier alpha value is -2.83. The quantitative estimate of drug-likeness (QED) is 0.810. The van der Waals surface area contributed by atoms with E-state index in [0.717, 1.165) is 21.4 Å². The molecule has 23 heavy (non-hydrogen) atoms. The van der Waals surface area contributed by atoms with E-state index in [0.29, 0.717) is 5.75 Å². The van der Waals surface area contributed by atoms with E-state index in [4.69, 9.17) is 4.74 Å². The van der Waals surface area contributed by atoms with Crippen molar-refractivity contribution in [1.82, 2.24) is 9.88 Å². The molecule has 0 spiro atoms. The van der Waals surface area contributed by atoms with Crippen LogP contribution in [-0.4, -0.2) is 45.9 Å². The van der Waals surface area contributed by atoms with Crippen LogP contribution in [0.2, 0.25) is 0 Å². The first-order valence-corrected chi connectivity index (χ1v) is 7.23. The second-order valence-electron chi connectivity index (χ2n) is 5.44. The summed E-state index contributed by atoms with van der Waals surface area (Å²) in [7, 11) is 1.55. The number of aromatic amines is 1. The third-order valence-corrected chi connectivity index (χ3v) is 4.07. The molecule has 120 valence electrons. The molecule has 0 aliphatic carbocycles. The van der Waals surface area contributed by atoms with Gasteiger partial charge in [0.15, 0.2) is 0 Å². The Morgan fingerprint density at radius 1 is 1.35 bits per heavy atom. The van der Waals surface area contributed by atoms with E-state index in [1.807, 2.05) is 6.07 Å². The zero-order valence-corrected chi connectivity index (χ0v) is 12.5. The molecular formula is C16H16N2O5. The lowest BCUT2D eigenvalue weighted by molar-refractivity contribution is -0.154. The fraction of sp³-hybridized carbons (Fsp3) is 0.312. The second kappa shape index (κ2) is 5.75. The number of carboxylic acid groups (broad SMARTS) is 1. The zero-order chi connectivity index (χ0) is 16.6. The zero-order valence-electron chi connectivity index (χ0n) is 12.5. The van der Waals surface area contributed by atoms with Crippen molar-refractivity contribution in [3.8, 4) is 5.75 Å². The van der Waals surface area contributed by atoms with Gasteiger partial charge in [-0.15, -0.1) is 0 Å². The highest BCUT2D eigenvalue weighted by molar-refractivity contribution is 6.05. The highest BCUT2D eigenvalue weighted by Gasteiger charge is 2.39. The van der Waals surface area contributed by atoms with Gasteiger partial charge in [-0.25, -0.2) is 4.79 Å². The van der Waals surface area contributed by atoms with Crippen molar-refractivity contribution in [3.63, 3.8) is 0 Å². The maximum Gasteiger partial charge on any atom is 0.327 e. The number of aliphatic carboxylic acids is 1. The van der Waals surface area contributed by atoms with E-state index < -0.39 is 23.8 Å². The molecule has 2 aromatic rings. The molecule has 0 saturated carbocycles. The van der Waals surface area contributed by atoms with Gasteiger partial charge in [0.1, 0.15) is 11.8 Å². The lowest BCUT2D eigenvalue weighted by atomic mass is 10.0. The number of aromatic nitrogens is 1. The third kappa shape index (κ3) is 2.65. The van der Waals surface area contributed by atoms with Crippen molar-refractivity contribution in [2.45, 2.75) is 25.3 Å². The largest absolute Gasteiger partial charge is 0.497 e. The molecule has 0 radical (unpaired) electrons. The Bertz CT molecular complexity index is 779. The molecule has 2 N–H and O–H groups in total. The summed E-state index contributed by atoms with van der Waals surface area (Å²) >= 11 is 0. The molecule has 1 fully saturated rings. The van der Waals surface area contributed by atoms with E-state index >= 15 is 0 Å². The van der Waals surface area contributed by atoms with Crippen LogP contribution in [0.25, 0.3) is 10.9 Å². The smallest absolute Gasteiger partial charge is 0.327 e. The lowest BCUT2D eigenvalue weighted by Crippen LogP contribution is -2.45. The molecule has 1 saturated heterocycles. The average Bonchev–Trinajstić information content (AvgIpc) is 3.08. The van der Waals surface area contributed by atoms with Crippen molar-refractivity contribution < 1.29 is 24.2 Å². The van der Waals surface area contributed by atoms with Gasteiger partial charge < -0.3 is 14.8 Å². The molecule has 1 aromatic carbocycles. The van der Waals surface area contributed by atoms with Crippen LogP contribution in [0.1, 0.15) is 18.4 Å². The Labute approximate surface area is 131 Å². The number of carbonyl (C=O) groups excluding carboxylic acids is 2. The molecule has 1 aromatic heterocycles. The van der Waals surface area contributed by atoms with Crippen LogP contribution in [0.15, 0.2) is 24.4 Å². The Morgan fingerprint density at radius 3 is 2.65 bits per heavy atom. The summed E-state index contributed by atoms with van der Waals surface area (Å²) in [5.74, 6) is -1.40. The maximum absolute atomic E-state index is 11.8. The predicted octanol–water partition coefficient (Wildman–Crippen LogP) is 1.32. The number of ether oxygens (including phenoxy) is 1. The number of imide groups is 1. The van der Waals surface area contributed by atoms with Crippen molar-refractivity contribution in [2.75, 3.05) is 7.11 Å². The Kier molecular flexibility index (Phi) is 3.77. The molecule has 7 heteroatoms. The number of carbonyl (C=O) groups is 3. The lowest BCUT2D eigenvalue weighted by Gasteiger charge is -2.22. The predicted molar refractivity (Wildman–Crippen MR) is 81.1 cm³/mol. The van der Waals surface area contributed by atoms with Gasteiger partial charge in [0, 0.05) is 36.4 Å². The minimum absolute atomic E-state index is 0.0555. The first-order chi connectivity index (χ1) is 11.0. The number of amides is 2. The number of hydrogen-bond donors (Lipinski definition) is 2. The molecule has 3 rings (SSSR count). The summed E-state index contributed by atoms with van der Waals surface area (Å²) in [5.41, 5.74) is 1.56. The minimum atomic E-state index is -1.19.